The highest BCUT2D eigenvalue weighted by Crippen LogP contribution is 2.55. The second-order valence-corrected chi connectivity index (χ2v) is 10.5. The molecule has 1 aromatic rings. The number of aliphatic hydroxyl groups excluding tert-OH is 1. The summed E-state index contributed by atoms with van der Waals surface area (Å²) in [4.78, 5) is 58.8. The van der Waals surface area contributed by atoms with Crippen LogP contribution < -0.4 is 10.6 Å². The van der Waals surface area contributed by atoms with Crippen LogP contribution in [0.5, 0.6) is 0 Å². The van der Waals surface area contributed by atoms with Crippen molar-refractivity contribution < 1.29 is 43.3 Å². The Bertz CT molecular complexity index is 1170. The molecule has 2 bridgehead atoms. The number of nitrogens with zero attached hydrogens (tertiary/aromatic N) is 2. The van der Waals surface area contributed by atoms with Crippen molar-refractivity contribution in [2.75, 3.05) is 40.6 Å². The minimum Gasteiger partial charge on any atom is -0.458 e. The van der Waals surface area contributed by atoms with E-state index in [4.69, 9.17) is 24.2 Å². The number of hydroxylamine groups is 2. The van der Waals surface area contributed by atoms with Gasteiger partial charge in [-0.25, -0.2) is 0 Å². The third kappa shape index (κ3) is 5.22. The molecule has 40 heavy (non-hydrogen) atoms. The summed E-state index contributed by atoms with van der Waals surface area (Å²) in [5, 5.41) is 15.7. The average Bonchev–Trinajstić information content (AvgIpc) is 3.56. The molecule has 3 heterocycles. The molecule has 6 atom stereocenters. The Morgan fingerprint density at radius 2 is 1.88 bits per heavy atom. The summed E-state index contributed by atoms with van der Waals surface area (Å²) in [5.41, 5.74) is 0.347. The van der Waals surface area contributed by atoms with E-state index in [-0.39, 0.29) is 57.7 Å². The predicted molar refractivity (Wildman–Crippen MR) is 138 cm³/mol. The maximum absolute atomic E-state index is 13.8. The Morgan fingerprint density at radius 1 is 1.12 bits per heavy atom. The van der Waals surface area contributed by atoms with E-state index in [0.29, 0.717) is 0 Å². The Balaban J connectivity index is 1.35. The van der Waals surface area contributed by atoms with Crippen LogP contribution in [-0.4, -0.2) is 110 Å². The number of hydrogen-bond acceptors (Lipinski definition) is 10. The molecule has 0 spiro atoms. The van der Waals surface area contributed by atoms with E-state index in [1.165, 1.54) is 16.0 Å². The summed E-state index contributed by atoms with van der Waals surface area (Å²) in [6, 6.07) is 6.39. The van der Waals surface area contributed by atoms with Gasteiger partial charge in [-0.15, -0.1) is 0 Å². The molecular weight excluding hydrogens is 524 g/mol. The SMILES string of the molecule is CN(C)C(=O)C=Cc1ccc(CN2O[C@@H]3[C@H]4OCO[C@H]4[C@H]4C[C@]3(C(=O)NCCC(=O)NCCO)[C@@H]2C(=O)O4)cc1. The number of hydrogen-bond donors (Lipinski definition) is 3. The van der Waals surface area contributed by atoms with Crippen molar-refractivity contribution in [1.82, 2.24) is 20.6 Å². The number of likely N-dealkylation sites (N-methyl/N-ethyl adjacent to an activating group) is 1. The van der Waals surface area contributed by atoms with Crippen molar-refractivity contribution in [3.05, 3.63) is 41.5 Å². The van der Waals surface area contributed by atoms with Gasteiger partial charge in [0.15, 0.2) is 6.04 Å². The fourth-order valence-corrected chi connectivity index (χ4v) is 5.80. The quantitative estimate of drug-likeness (QED) is 0.239. The summed E-state index contributed by atoms with van der Waals surface area (Å²) in [6.07, 6.45) is 0.796. The van der Waals surface area contributed by atoms with Crippen LogP contribution in [0, 0.1) is 5.41 Å². The van der Waals surface area contributed by atoms with Crippen molar-refractivity contribution in [3.8, 4) is 0 Å². The largest absolute Gasteiger partial charge is 0.458 e. The van der Waals surface area contributed by atoms with Crippen LogP contribution >= 0.6 is 0 Å². The average molecular weight is 559 g/mol. The van der Waals surface area contributed by atoms with Crippen molar-refractivity contribution >= 4 is 29.8 Å². The second kappa shape index (κ2) is 11.6. The Labute approximate surface area is 231 Å². The summed E-state index contributed by atoms with van der Waals surface area (Å²) in [7, 11) is 3.35. The van der Waals surface area contributed by atoms with Crippen LogP contribution in [0.2, 0.25) is 0 Å². The zero-order valence-corrected chi connectivity index (χ0v) is 22.4. The summed E-state index contributed by atoms with van der Waals surface area (Å²) >= 11 is 0. The molecule has 1 aliphatic carbocycles. The number of rotatable bonds is 10. The fourth-order valence-electron chi connectivity index (χ4n) is 5.80. The van der Waals surface area contributed by atoms with Gasteiger partial charge >= 0.3 is 5.97 Å². The number of amides is 3. The van der Waals surface area contributed by atoms with Crippen molar-refractivity contribution in [2.24, 2.45) is 5.41 Å². The number of carbonyl (C=O) groups excluding carboxylic acids is 4. The lowest BCUT2D eigenvalue weighted by Gasteiger charge is -2.48. The predicted octanol–water partition coefficient (Wildman–Crippen LogP) is -1.06. The number of fused-ring (bicyclic) bond motifs is 4. The minimum absolute atomic E-state index is 0.00193. The molecule has 5 rings (SSSR count). The van der Waals surface area contributed by atoms with Crippen LogP contribution in [0.25, 0.3) is 6.08 Å². The van der Waals surface area contributed by atoms with Gasteiger partial charge < -0.3 is 34.9 Å². The molecule has 1 aromatic carbocycles. The van der Waals surface area contributed by atoms with Crippen molar-refractivity contribution in [3.63, 3.8) is 0 Å². The number of aliphatic hydroxyl groups is 1. The molecule has 0 unspecified atom stereocenters. The third-order valence-electron chi connectivity index (χ3n) is 7.74. The summed E-state index contributed by atoms with van der Waals surface area (Å²) < 4.78 is 17.3. The van der Waals surface area contributed by atoms with Gasteiger partial charge in [-0.05, 0) is 17.2 Å². The van der Waals surface area contributed by atoms with Crippen molar-refractivity contribution in [2.45, 2.75) is 49.8 Å². The molecule has 4 aliphatic rings. The smallest absolute Gasteiger partial charge is 0.327 e. The van der Waals surface area contributed by atoms with Gasteiger partial charge in [0.2, 0.25) is 17.7 Å². The fraction of sp³-hybridized carbons (Fsp3) is 0.556. The topological polar surface area (TPSA) is 156 Å². The van der Waals surface area contributed by atoms with E-state index >= 15 is 0 Å². The highest BCUT2D eigenvalue weighted by atomic mass is 16.8. The molecule has 3 aliphatic heterocycles. The van der Waals surface area contributed by atoms with Crippen molar-refractivity contribution in [1.29, 1.82) is 0 Å². The zero-order chi connectivity index (χ0) is 28.4. The molecule has 3 amide bonds. The molecule has 1 saturated carbocycles. The van der Waals surface area contributed by atoms with Crippen LogP contribution in [0.15, 0.2) is 30.3 Å². The lowest BCUT2D eigenvalue weighted by molar-refractivity contribution is -0.201. The highest BCUT2D eigenvalue weighted by Gasteiger charge is 2.74. The van der Waals surface area contributed by atoms with Gasteiger partial charge in [-0.2, -0.15) is 5.06 Å². The van der Waals surface area contributed by atoms with Gasteiger partial charge in [-0.3, -0.25) is 24.0 Å². The van der Waals surface area contributed by atoms with Crippen LogP contribution in [0.1, 0.15) is 24.0 Å². The molecular formula is C27H34N4O9. The Hall–Kier alpha value is -3.36. The van der Waals surface area contributed by atoms with E-state index in [1.54, 1.807) is 20.2 Å². The second-order valence-electron chi connectivity index (χ2n) is 10.5. The maximum atomic E-state index is 13.8. The Kier molecular flexibility index (Phi) is 8.19. The monoisotopic (exact) mass is 558 g/mol. The molecule has 3 N–H and O–H groups in total. The van der Waals surface area contributed by atoms with E-state index in [1.807, 2.05) is 24.3 Å². The summed E-state index contributed by atoms with van der Waals surface area (Å²) in [6.45, 7) is 0.193. The van der Waals surface area contributed by atoms with Gasteiger partial charge in [0.05, 0.1) is 13.2 Å². The van der Waals surface area contributed by atoms with E-state index in [2.05, 4.69) is 10.6 Å². The number of carbonyl (C=O) groups is 4. The Morgan fingerprint density at radius 3 is 2.60 bits per heavy atom. The first-order valence-corrected chi connectivity index (χ1v) is 13.3. The first-order valence-electron chi connectivity index (χ1n) is 13.3. The number of ether oxygens (including phenoxy) is 3. The molecule has 0 aromatic heterocycles. The molecule has 3 saturated heterocycles. The lowest BCUT2D eigenvalue weighted by atomic mass is 9.62. The number of benzene rings is 1. The minimum atomic E-state index is -1.30. The normalized spacial score (nSPS) is 30.6. The van der Waals surface area contributed by atoms with E-state index in [9.17, 15) is 19.2 Å². The van der Waals surface area contributed by atoms with Crippen LogP contribution in [0.4, 0.5) is 0 Å². The molecule has 13 nitrogen and oxygen atoms in total. The van der Waals surface area contributed by atoms with Gasteiger partial charge in [0, 0.05) is 46.1 Å². The first kappa shape index (κ1) is 28.2. The number of esters is 1. The lowest BCUT2D eigenvalue weighted by Crippen LogP contribution is -2.69. The van der Waals surface area contributed by atoms with Crippen LogP contribution in [0.3, 0.4) is 0 Å². The summed E-state index contributed by atoms with van der Waals surface area (Å²) in [5.74, 6) is -1.43. The third-order valence-corrected chi connectivity index (χ3v) is 7.74. The highest BCUT2D eigenvalue weighted by molar-refractivity contribution is 5.94. The first-order chi connectivity index (χ1) is 19.2. The van der Waals surface area contributed by atoms with E-state index in [0.717, 1.165) is 11.1 Å². The molecule has 4 fully saturated rings. The molecule has 13 heteroatoms. The standard InChI is InChI=1S/C27H34N4O9/c1-30(2)20(34)8-7-16-3-5-17(6-4-16)14-31-23-25(35)39-18-13-27(23,24(40-31)22-21(18)37-15-38-22)26(36)29-10-9-19(33)28-11-12-32/h3-8,18,21-24,32H,9-15H2,1-2H3,(H,28,33)(H,29,36)/t18-,21+,22+,23+,24-,27+/m1/s1. The molecule has 0 radical (unpaired) electrons. The maximum Gasteiger partial charge on any atom is 0.327 e. The van der Waals surface area contributed by atoms with Gasteiger partial charge in [-0.1, -0.05) is 24.3 Å². The van der Waals surface area contributed by atoms with Gasteiger partial charge in [0.25, 0.3) is 0 Å². The van der Waals surface area contributed by atoms with Crippen LogP contribution in [-0.2, 0) is 44.8 Å². The number of nitrogens with one attached hydrogen (secondary N) is 2. The van der Waals surface area contributed by atoms with E-state index < -0.39 is 47.7 Å². The zero-order valence-electron chi connectivity index (χ0n) is 22.4. The van der Waals surface area contributed by atoms with Gasteiger partial charge in [0.1, 0.15) is 36.6 Å². The molecule has 216 valence electrons.